The van der Waals surface area contributed by atoms with E-state index in [4.69, 9.17) is 20.3 Å². The van der Waals surface area contributed by atoms with Crippen LogP contribution in [0.2, 0.25) is 0 Å². The summed E-state index contributed by atoms with van der Waals surface area (Å²) in [7, 11) is 0. The van der Waals surface area contributed by atoms with E-state index < -0.39 is 41.8 Å². The minimum atomic E-state index is -1.01. The topological polar surface area (TPSA) is 148 Å². The molecule has 0 aromatic heterocycles. The van der Waals surface area contributed by atoms with E-state index in [1.54, 1.807) is 27.7 Å². The van der Waals surface area contributed by atoms with E-state index in [2.05, 4.69) is 5.32 Å². The lowest BCUT2D eigenvalue weighted by atomic mass is 9.98. The van der Waals surface area contributed by atoms with Crippen molar-refractivity contribution in [1.29, 1.82) is 0 Å². The third kappa shape index (κ3) is 16.0. The van der Waals surface area contributed by atoms with Gasteiger partial charge in [0.15, 0.2) is 0 Å². The molecule has 0 unspecified atom stereocenters. The van der Waals surface area contributed by atoms with E-state index in [1.807, 2.05) is 27.7 Å². The summed E-state index contributed by atoms with van der Waals surface area (Å²) >= 11 is 0. The summed E-state index contributed by atoms with van der Waals surface area (Å²) in [4.78, 5) is 33.6. The molecule has 30 heavy (non-hydrogen) atoms. The maximum absolute atomic E-state index is 11.8. The van der Waals surface area contributed by atoms with Gasteiger partial charge in [0.2, 0.25) is 0 Å². The first-order valence-corrected chi connectivity index (χ1v) is 10.5. The lowest BCUT2D eigenvalue weighted by Gasteiger charge is -2.25. The van der Waals surface area contributed by atoms with Gasteiger partial charge in [-0.1, -0.05) is 34.1 Å². The van der Waals surface area contributed by atoms with Gasteiger partial charge in [0.1, 0.15) is 11.6 Å². The number of nitrogens with one attached hydrogen (secondary N) is 1. The summed E-state index contributed by atoms with van der Waals surface area (Å²) in [5.74, 6) is -1.06. The van der Waals surface area contributed by atoms with Crippen LogP contribution in [0.1, 0.15) is 74.7 Å². The van der Waals surface area contributed by atoms with E-state index in [-0.39, 0.29) is 12.3 Å². The standard InChI is InChI=1S/C13H25NO4.C8H17NO3/c1-7-9(3)10(11(15)17-8-2)14-12(16)18-13(4,5)6;1-5(2)3-6(9)7(10)4-8(11)12/h9-10H,7-8H2,1-6H3,(H,14,16);5-7,10H,3-4,9H2,1-2H3,(H,11,12)/t9-,10-;6-,7-/m00/s1. The van der Waals surface area contributed by atoms with Gasteiger partial charge >= 0.3 is 18.0 Å². The van der Waals surface area contributed by atoms with Crippen LogP contribution in [0.4, 0.5) is 4.79 Å². The Labute approximate surface area is 180 Å². The zero-order valence-electron chi connectivity index (χ0n) is 19.7. The number of alkyl carbamates (subject to hydrolysis) is 1. The Kier molecular flexibility index (Phi) is 15.2. The van der Waals surface area contributed by atoms with Crippen molar-refractivity contribution in [2.45, 2.75) is 98.4 Å². The number of amides is 1. The van der Waals surface area contributed by atoms with Gasteiger partial charge in [0.25, 0.3) is 0 Å². The van der Waals surface area contributed by atoms with Crippen LogP contribution in [-0.4, -0.2) is 58.6 Å². The summed E-state index contributed by atoms with van der Waals surface area (Å²) in [6.07, 6.45) is -0.382. The fourth-order valence-corrected chi connectivity index (χ4v) is 2.37. The molecule has 0 rings (SSSR count). The fourth-order valence-electron chi connectivity index (χ4n) is 2.37. The number of aliphatic hydroxyl groups excluding tert-OH is 1. The predicted octanol–water partition coefficient (Wildman–Crippen LogP) is 2.68. The molecule has 0 bridgehead atoms. The molecule has 0 radical (unpaired) electrons. The van der Waals surface area contributed by atoms with Crippen LogP contribution in [0.5, 0.6) is 0 Å². The quantitative estimate of drug-likeness (QED) is 0.384. The van der Waals surface area contributed by atoms with Crippen LogP contribution >= 0.6 is 0 Å². The number of aliphatic carboxylic acids is 1. The zero-order valence-corrected chi connectivity index (χ0v) is 19.7. The molecular weight excluding hydrogens is 392 g/mol. The van der Waals surface area contributed by atoms with Gasteiger partial charge in [-0.25, -0.2) is 9.59 Å². The van der Waals surface area contributed by atoms with Gasteiger partial charge < -0.3 is 30.7 Å². The Morgan fingerprint density at radius 2 is 1.63 bits per heavy atom. The van der Waals surface area contributed by atoms with E-state index in [0.717, 1.165) is 6.42 Å². The number of hydrogen-bond acceptors (Lipinski definition) is 7. The number of nitrogens with two attached hydrogens (primary N) is 1. The number of esters is 1. The Balaban J connectivity index is 0. The smallest absolute Gasteiger partial charge is 0.408 e. The van der Waals surface area contributed by atoms with Crippen LogP contribution in [0.3, 0.4) is 0 Å². The number of carboxylic acids is 1. The molecule has 0 aromatic rings. The third-order valence-corrected chi connectivity index (χ3v) is 4.05. The second kappa shape index (κ2) is 15.0. The zero-order chi connectivity index (χ0) is 24.1. The molecule has 4 atom stereocenters. The predicted molar refractivity (Wildman–Crippen MR) is 115 cm³/mol. The summed E-state index contributed by atoms with van der Waals surface area (Å²) in [6.45, 7) is 15.1. The van der Waals surface area contributed by atoms with Crippen LogP contribution in [0.15, 0.2) is 0 Å². The van der Waals surface area contributed by atoms with Gasteiger partial charge in [-0.3, -0.25) is 4.79 Å². The SMILES string of the molecule is CC(C)C[C@H](N)[C@@H](O)CC(=O)O.CCOC(=O)[C@@H](NC(=O)OC(C)(C)C)[C@@H](C)CC. The second-order valence-electron chi connectivity index (χ2n) is 8.72. The van der Waals surface area contributed by atoms with Crippen LogP contribution < -0.4 is 11.1 Å². The minimum absolute atomic E-state index is 0.00318. The maximum atomic E-state index is 11.8. The molecular formula is C21H42N2O7. The minimum Gasteiger partial charge on any atom is -0.481 e. The Morgan fingerprint density at radius 3 is 2.00 bits per heavy atom. The van der Waals surface area contributed by atoms with E-state index in [1.165, 1.54) is 0 Å². The lowest BCUT2D eigenvalue weighted by molar-refractivity contribution is -0.147. The number of rotatable bonds is 10. The van der Waals surface area contributed by atoms with Crippen molar-refractivity contribution in [2.75, 3.05) is 6.61 Å². The largest absolute Gasteiger partial charge is 0.481 e. The first-order valence-electron chi connectivity index (χ1n) is 10.5. The molecule has 0 fully saturated rings. The summed E-state index contributed by atoms with van der Waals surface area (Å²) in [5, 5.41) is 20.2. The maximum Gasteiger partial charge on any atom is 0.408 e. The van der Waals surface area contributed by atoms with E-state index in [0.29, 0.717) is 18.9 Å². The molecule has 1 amide bonds. The number of ether oxygens (including phenoxy) is 2. The van der Waals surface area contributed by atoms with Crippen molar-refractivity contribution in [3.8, 4) is 0 Å². The average molecular weight is 435 g/mol. The highest BCUT2D eigenvalue weighted by Gasteiger charge is 2.29. The third-order valence-electron chi connectivity index (χ3n) is 4.05. The molecule has 0 heterocycles. The van der Waals surface area contributed by atoms with Crippen molar-refractivity contribution >= 4 is 18.0 Å². The Hall–Kier alpha value is -1.87. The molecule has 178 valence electrons. The molecule has 0 spiro atoms. The van der Waals surface area contributed by atoms with Crippen LogP contribution in [-0.2, 0) is 19.1 Å². The Bertz CT molecular complexity index is 518. The monoisotopic (exact) mass is 434 g/mol. The molecule has 0 aliphatic heterocycles. The van der Waals surface area contributed by atoms with Crippen molar-refractivity contribution in [3.05, 3.63) is 0 Å². The van der Waals surface area contributed by atoms with Gasteiger partial charge in [0, 0.05) is 6.04 Å². The van der Waals surface area contributed by atoms with Crippen molar-refractivity contribution in [1.82, 2.24) is 5.32 Å². The number of carbonyl (C=O) groups excluding carboxylic acids is 2. The number of hydrogen-bond donors (Lipinski definition) is 4. The lowest BCUT2D eigenvalue weighted by Crippen LogP contribution is -2.47. The average Bonchev–Trinajstić information content (AvgIpc) is 2.57. The highest BCUT2D eigenvalue weighted by Crippen LogP contribution is 2.12. The van der Waals surface area contributed by atoms with E-state index >= 15 is 0 Å². The highest BCUT2D eigenvalue weighted by atomic mass is 16.6. The van der Waals surface area contributed by atoms with Crippen LogP contribution in [0, 0.1) is 11.8 Å². The Morgan fingerprint density at radius 1 is 1.10 bits per heavy atom. The molecule has 0 aromatic carbocycles. The first kappa shape index (κ1) is 30.3. The molecule has 9 nitrogen and oxygen atoms in total. The van der Waals surface area contributed by atoms with Gasteiger partial charge in [-0.05, 0) is 46.0 Å². The van der Waals surface area contributed by atoms with Crippen molar-refractivity contribution in [2.24, 2.45) is 17.6 Å². The molecule has 0 saturated carbocycles. The number of aliphatic hydroxyl groups is 1. The molecule has 0 aliphatic carbocycles. The summed E-state index contributed by atoms with van der Waals surface area (Å²) in [5.41, 5.74) is 4.97. The number of carbonyl (C=O) groups is 3. The molecule has 0 saturated heterocycles. The van der Waals surface area contributed by atoms with Gasteiger partial charge in [-0.15, -0.1) is 0 Å². The fraction of sp³-hybridized carbons (Fsp3) is 0.857. The molecule has 9 heteroatoms. The van der Waals surface area contributed by atoms with Crippen LogP contribution in [0.25, 0.3) is 0 Å². The van der Waals surface area contributed by atoms with Gasteiger partial charge in [0.05, 0.1) is 19.1 Å². The van der Waals surface area contributed by atoms with Gasteiger partial charge in [-0.2, -0.15) is 0 Å². The van der Waals surface area contributed by atoms with Crippen molar-refractivity contribution < 1.29 is 34.1 Å². The number of carboxylic acid groups (broad SMARTS) is 1. The van der Waals surface area contributed by atoms with Crippen molar-refractivity contribution in [3.63, 3.8) is 0 Å². The summed E-state index contributed by atoms with van der Waals surface area (Å²) < 4.78 is 10.1. The normalized spacial score (nSPS) is 15.2. The highest BCUT2D eigenvalue weighted by molar-refractivity contribution is 5.81. The molecule has 0 aliphatic rings. The first-order chi connectivity index (χ1) is 13.6. The van der Waals surface area contributed by atoms with E-state index in [9.17, 15) is 19.5 Å². The molecule has 5 N–H and O–H groups in total. The second-order valence-corrected chi connectivity index (χ2v) is 8.72. The summed E-state index contributed by atoms with van der Waals surface area (Å²) in [6, 6.07) is -1.09.